The molecule has 0 radical (unpaired) electrons. The van der Waals surface area contributed by atoms with E-state index in [1.54, 1.807) is 0 Å². The van der Waals surface area contributed by atoms with E-state index in [1.807, 2.05) is 19.1 Å². The summed E-state index contributed by atoms with van der Waals surface area (Å²) in [4.78, 5) is 18.2. The number of carbonyl (C=O) groups excluding carboxylic acids is 1. The minimum Gasteiger partial charge on any atom is -0.378 e. The van der Waals surface area contributed by atoms with Crippen LogP contribution in [0.3, 0.4) is 0 Å². The second kappa shape index (κ2) is 8.93. The van der Waals surface area contributed by atoms with E-state index in [0.717, 1.165) is 61.8 Å². The smallest absolute Gasteiger partial charge is 0.252 e. The van der Waals surface area contributed by atoms with Crippen LogP contribution in [0.2, 0.25) is 0 Å². The van der Waals surface area contributed by atoms with Gasteiger partial charge in [0.15, 0.2) is 0 Å². The molecule has 2 heterocycles. The Labute approximate surface area is 190 Å². The monoisotopic (exact) mass is 429 g/mol. The summed E-state index contributed by atoms with van der Waals surface area (Å²) in [6.07, 6.45) is 0. The quantitative estimate of drug-likeness (QED) is 0.662. The van der Waals surface area contributed by atoms with Crippen molar-refractivity contribution in [2.75, 3.05) is 44.3 Å². The Morgan fingerprint density at radius 2 is 1.75 bits per heavy atom. The molecular weight excluding hydrogens is 398 g/mol. The Kier molecular flexibility index (Phi) is 5.85. The van der Waals surface area contributed by atoms with Crippen LogP contribution in [0.5, 0.6) is 0 Å². The lowest BCUT2D eigenvalue weighted by molar-refractivity contribution is -0.0660. The first kappa shape index (κ1) is 21.0. The lowest BCUT2D eigenvalue weighted by Gasteiger charge is -2.43. The van der Waals surface area contributed by atoms with Crippen molar-refractivity contribution in [3.63, 3.8) is 0 Å². The van der Waals surface area contributed by atoms with Gasteiger partial charge >= 0.3 is 0 Å². The molecule has 1 N–H and O–H groups in total. The molecule has 3 aromatic carbocycles. The lowest BCUT2D eigenvalue weighted by Crippen LogP contribution is -2.56. The highest BCUT2D eigenvalue weighted by Gasteiger charge is 2.29. The number of nitrogens with zero attached hydrogens (tertiary/aromatic N) is 2. The van der Waals surface area contributed by atoms with Crippen molar-refractivity contribution < 1.29 is 9.53 Å². The zero-order chi connectivity index (χ0) is 22.1. The third kappa shape index (κ3) is 4.10. The van der Waals surface area contributed by atoms with Crippen LogP contribution in [0, 0.1) is 6.92 Å². The second-order valence-corrected chi connectivity index (χ2v) is 8.98. The molecule has 1 amide bonds. The van der Waals surface area contributed by atoms with E-state index < -0.39 is 0 Å². The molecule has 1 atom stereocenters. The third-order valence-electron chi connectivity index (χ3n) is 6.92. The maximum atomic E-state index is 13.3. The summed E-state index contributed by atoms with van der Waals surface area (Å²) >= 11 is 0. The number of piperazine rings is 1. The highest BCUT2D eigenvalue weighted by atomic mass is 16.5. The zero-order valence-corrected chi connectivity index (χ0v) is 18.9. The van der Waals surface area contributed by atoms with Gasteiger partial charge in [0.25, 0.3) is 5.91 Å². The van der Waals surface area contributed by atoms with E-state index in [2.05, 4.69) is 70.6 Å². The summed E-state index contributed by atoms with van der Waals surface area (Å²) in [6.45, 7) is 9.84. The number of amides is 1. The van der Waals surface area contributed by atoms with E-state index >= 15 is 0 Å². The second-order valence-electron chi connectivity index (χ2n) is 8.98. The van der Waals surface area contributed by atoms with Crippen LogP contribution < -0.4 is 10.2 Å². The topological polar surface area (TPSA) is 44.8 Å². The predicted octanol–water partition coefficient (Wildman–Crippen LogP) is 4.16. The summed E-state index contributed by atoms with van der Waals surface area (Å²) in [5.41, 5.74) is 4.02. The summed E-state index contributed by atoms with van der Waals surface area (Å²) in [7, 11) is 0. The van der Waals surface area contributed by atoms with Crippen molar-refractivity contribution in [1.29, 1.82) is 0 Å². The number of carbonyl (C=O) groups is 1. The van der Waals surface area contributed by atoms with Gasteiger partial charge in [-0.2, -0.15) is 0 Å². The van der Waals surface area contributed by atoms with Gasteiger partial charge in [-0.3, -0.25) is 9.69 Å². The van der Waals surface area contributed by atoms with Crippen LogP contribution in [0.15, 0.2) is 60.7 Å². The van der Waals surface area contributed by atoms with E-state index in [4.69, 9.17) is 4.74 Å². The Balaban J connectivity index is 1.30. The lowest BCUT2D eigenvalue weighted by atomic mass is 9.99. The van der Waals surface area contributed by atoms with Crippen molar-refractivity contribution in [1.82, 2.24) is 10.2 Å². The van der Waals surface area contributed by atoms with E-state index in [-0.39, 0.29) is 11.9 Å². The molecular formula is C27H31N3O2. The number of hydrogen-bond acceptors (Lipinski definition) is 4. The van der Waals surface area contributed by atoms with Crippen molar-refractivity contribution in [2.24, 2.45) is 0 Å². The molecule has 3 aromatic rings. The van der Waals surface area contributed by atoms with Crippen molar-refractivity contribution in [2.45, 2.75) is 25.9 Å². The molecule has 2 aliphatic rings. The first-order valence-corrected chi connectivity index (χ1v) is 11.6. The fourth-order valence-corrected chi connectivity index (χ4v) is 4.81. The van der Waals surface area contributed by atoms with Crippen molar-refractivity contribution in [3.8, 4) is 0 Å². The first-order chi connectivity index (χ1) is 15.6. The minimum absolute atomic E-state index is 0.0185. The maximum absolute atomic E-state index is 13.3. The average molecular weight is 430 g/mol. The minimum atomic E-state index is -0.0788. The van der Waals surface area contributed by atoms with Crippen LogP contribution in [-0.2, 0) is 4.74 Å². The van der Waals surface area contributed by atoms with Crippen molar-refractivity contribution >= 4 is 22.4 Å². The first-order valence-electron chi connectivity index (χ1n) is 11.6. The highest BCUT2D eigenvalue weighted by molar-refractivity contribution is 5.97. The molecule has 2 fully saturated rings. The number of anilines is 1. The SMILES string of the molecule is Cc1ccc(N2CCN(C3COC3)CC2)cc1C(=O)N[C@H](C)c1cccc2ccccc12. The molecule has 0 saturated carbocycles. The highest BCUT2D eigenvalue weighted by Crippen LogP contribution is 2.26. The van der Waals surface area contributed by atoms with Gasteiger partial charge in [-0.15, -0.1) is 0 Å². The normalized spacial score (nSPS) is 18.4. The van der Waals surface area contributed by atoms with Gasteiger partial charge in [-0.25, -0.2) is 0 Å². The number of ether oxygens (including phenoxy) is 1. The molecule has 0 aliphatic carbocycles. The Morgan fingerprint density at radius 1 is 1.00 bits per heavy atom. The van der Waals surface area contributed by atoms with Crippen LogP contribution >= 0.6 is 0 Å². The molecule has 0 bridgehead atoms. The van der Waals surface area contributed by atoms with E-state index in [1.165, 1.54) is 10.8 Å². The molecule has 32 heavy (non-hydrogen) atoms. The van der Waals surface area contributed by atoms with Gasteiger partial charge in [0.2, 0.25) is 0 Å². The van der Waals surface area contributed by atoms with Gasteiger partial charge in [-0.1, -0.05) is 48.5 Å². The van der Waals surface area contributed by atoms with Gasteiger partial charge < -0.3 is 15.0 Å². The number of nitrogens with one attached hydrogen (secondary N) is 1. The molecule has 0 unspecified atom stereocenters. The number of hydrogen-bond donors (Lipinski definition) is 1. The average Bonchev–Trinajstić information content (AvgIpc) is 2.78. The Bertz CT molecular complexity index is 1110. The number of fused-ring (bicyclic) bond motifs is 1. The van der Waals surface area contributed by atoms with Crippen LogP contribution in [0.4, 0.5) is 5.69 Å². The molecule has 0 aromatic heterocycles. The molecule has 166 valence electrons. The zero-order valence-electron chi connectivity index (χ0n) is 18.9. The molecule has 5 heteroatoms. The third-order valence-corrected chi connectivity index (χ3v) is 6.92. The van der Waals surface area contributed by atoms with E-state index in [9.17, 15) is 4.79 Å². The van der Waals surface area contributed by atoms with E-state index in [0.29, 0.717) is 6.04 Å². The molecule has 5 rings (SSSR count). The van der Waals surface area contributed by atoms with Crippen LogP contribution in [-0.4, -0.2) is 56.2 Å². The summed E-state index contributed by atoms with van der Waals surface area (Å²) in [6, 6.07) is 21.4. The van der Waals surface area contributed by atoms with Gasteiger partial charge in [-0.05, 0) is 47.9 Å². The number of rotatable bonds is 5. The number of aryl methyl sites for hydroxylation is 1. The summed E-state index contributed by atoms with van der Waals surface area (Å²) in [5, 5.41) is 5.61. The fourth-order valence-electron chi connectivity index (χ4n) is 4.81. The predicted molar refractivity (Wildman–Crippen MR) is 129 cm³/mol. The van der Waals surface area contributed by atoms with Gasteiger partial charge in [0, 0.05) is 37.4 Å². The van der Waals surface area contributed by atoms with Crippen LogP contribution in [0.25, 0.3) is 10.8 Å². The fraction of sp³-hybridized carbons (Fsp3) is 0.370. The van der Waals surface area contributed by atoms with Crippen molar-refractivity contribution in [3.05, 3.63) is 77.4 Å². The Morgan fingerprint density at radius 3 is 2.50 bits per heavy atom. The summed E-state index contributed by atoms with van der Waals surface area (Å²) in [5.74, 6) is -0.0185. The molecule has 2 saturated heterocycles. The van der Waals surface area contributed by atoms with Gasteiger partial charge in [0.05, 0.1) is 25.3 Å². The molecule has 5 nitrogen and oxygen atoms in total. The largest absolute Gasteiger partial charge is 0.378 e. The molecule has 2 aliphatic heterocycles. The Hall–Kier alpha value is -2.89. The molecule has 0 spiro atoms. The maximum Gasteiger partial charge on any atom is 0.252 e. The van der Waals surface area contributed by atoms with Crippen LogP contribution in [0.1, 0.15) is 34.5 Å². The van der Waals surface area contributed by atoms with Gasteiger partial charge in [0.1, 0.15) is 0 Å². The number of benzene rings is 3. The standard InChI is InChI=1S/C27H31N3O2/c1-19-10-11-22(29-12-14-30(15-13-29)23-17-32-18-23)16-26(19)27(31)28-20(2)24-9-5-7-21-6-3-4-8-25(21)24/h3-11,16,20,23H,12-15,17-18H2,1-2H3,(H,28,31)/t20-/m1/s1. The summed E-state index contributed by atoms with van der Waals surface area (Å²) < 4.78 is 5.34.